The summed E-state index contributed by atoms with van der Waals surface area (Å²) in [7, 11) is 0. The predicted octanol–water partition coefficient (Wildman–Crippen LogP) is 3.15. The van der Waals surface area contributed by atoms with Crippen molar-refractivity contribution >= 4 is 11.6 Å². The Balaban J connectivity index is 2.32. The zero-order valence-electron chi connectivity index (χ0n) is 10.9. The first kappa shape index (κ1) is 14.3. The molecule has 1 aliphatic heterocycles. The van der Waals surface area contributed by atoms with Gasteiger partial charge in [0, 0.05) is 23.7 Å². The Kier molecular flexibility index (Phi) is 4.41. The number of rotatable bonds is 2. The molecule has 19 heavy (non-hydrogen) atoms. The third-order valence-electron chi connectivity index (χ3n) is 3.21. The minimum absolute atomic E-state index is 0.0187. The van der Waals surface area contributed by atoms with Crippen molar-refractivity contribution in [2.75, 3.05) is 13.1 Å². The third-order valence-corrected chi connectivity index (χ3v) is 3.54. The van der Waals surface area contributed by atoms with Crippen molar-refractivity contribution in [3.8, 4) is 6.07 Å². The van der Waals surface area contributed by atoms with E-state index in [4.69, 9.17) is 16.3 Å². The van der Waals surface area contributed by atoms with Gasteiger partial charge in [0.05, 0.1) is 18.3 Å². The number of hydrogen-bond donors (Lipinski definition) is 0. The van der Waals surface area contributed by atoms with Crippen LogP contribution in [0.3, 0.4) is 0 Å². The second-order valence-electron chi connectivity index (χ2n) is 4.88. The van der Waals surface area contributed by atoms with Crippen LogP contribution in [0.5, 0.6) is 0 Å². The van der Waals surface area contributed by atoms with E-state index in [2.05, 4.69) is 6.07 Å². The highest BCUT2D eigenvalue weighted by molar-refractivity contribution is 6.31. The molecule has 1 aliphatic rings. The topological polar surface area (TPSA) is 36.3 Å². The maximum absolute atomic E-state index is 13.9. The molecule has 5 heteroatoms. The van der Waals surface area contributed by atoms with Gasteiger partial charge in [-0.1, -0.05) is 17.7 Å². The largest absolute Gasteiger partial charge is 0.373 e. The van der Waals surface area contributed by atoms with Crippen LogP contribution in [0.25, 0.3) is 0 Å². The second kappa shape index (κ2) is 5.87. The Morgan fingerprint density at radius 2 is 2.05 bits per heavy atom. The van der Waals surface area contributed by atoms with E-state index in [0.717, 1.165) is 0 Å². The van der Waals surface area contributed by atoms with Gasteiger partial charge in [-0.3, -0.25) is 4.90 Å². The zero-order chi connectivity index (χ0) is 14.0. The molecule has 1 aromatic carbocycles. The van der Waals surface area contributed by atoms with E-state index < -0.39 is 11.9 Å². The van der Waals surface area contributed by atoms with Crippen LogP contribution >= 0.6 is 11.6 Å². The van der Waals surface area contributed by atoms with Gasteiger partial charge in [0.1, 0.15) is 11.9 Å². The first-order valence-corrected chi connectivity index (χ1v) is 6.63. The smallest absolute Gasteiger partial charge is 0.130 e. The van der Waals surface area contributed by atoms with Gasteiger partial charge in [0.25, 0.3) is 0 Å². The van der Waals surface area contributed by atoms with Gasteiger partial charge in [0.2, 0.25) is 0 Å². The molecule has 0 saturated carbocycles. The van der Waals surface area contributed by atoms with Gasteiger partial charge in [0.15, 0.2) is 0 Å². The fraction of sp³-hybridized carbons (Fsp3) is 0.500. The number of benzene rings is 1. The monoisotopic (exact) mass is 282 g/mol. The molecule has 0 spiro atoms. The van der Waals surface area contributed by atoms with E-state index in [1.54, 1.807) is 12.1 Å². The molecule has 0 aromatic heterocycles. The fourth-order valence-corrected chi connectivity index (χ4v) is 2.80. The Morgan fingerprint density at radius 1 is 1.42 bits per heavy atom. The number of halogens is 2. The molecular formula is C14H16ClFN2O. The Morgan fingerprint density at radius 3 is 2.58 bits per heavy atom. The van der Waals surface area contributed by atoms with E-state index in [0.29, 0.717) is 18.1 Å². The molecule has 1 saturated heterocycles. The minimum atomic E-state index is -0.678. The summed E-state index contributed by atoms with van der Waals surface area (Å²) < 4.78 is 19.6. The molecule has 1 heterocycles. The molecule has 1 aromatic rings. The van der Waals surface area contributed by atoms with Crippen LogP contribution in [0.1, 0.15) is 25.5 Å². The molecule has 0 unspecified atom stereocenters. The lowest BCUT2D eigenvalue weighted by molar-refractivity contribution is -0.0752. The van der Waals surface area contributed by atoms with Gasteiger partial charge >= 0.3 is 0 Å². The molecule has 0 radical (unpaired) electrons. The molecule has 0 bridgehead atoms. The first-order chi connectivity index (χ1) is 9.02. The van der Waals surface area contributed by atoms with Crippen LogP contribution < -0.4 is 0 Å². The molecule has 1 fully saturated rings. The van der Waals surface area contributed by atoms with Crippen molar-refractivity contribution in [1.82, 2.24) is 4.90 Å². The van der Waals surface area contributed by atoms with E-state index in [1.165, 1.54) is 6.07 Å². The van der Waals surface area contributed by atoms with Crippen LogP contribution in [-0.4, -0.2) is 30.2 Å². The van der Waals surface area contributed by atoms with Crippen LogP contribution in [0.2, 0.25) is 5.02 Å². The van der Waals surface area contributed by atoms with Gasteiger partial charge in [-0.2, -0.15) is 5.26 Å². The molecular weight excluding hydrogens is 267 g/mol. The van der Waals surface area contributed by atoms with Gasteiger partial charge in [-0.05, 0) is 26.0 Å². The summed E-state index contributed by atoms with van der Waals surface area (Å²) in [5.41, 5.74) is 0.257. The minimum Gasteiger partial charge on any atom is -0.373 e. The summed E-state index contributed by atoms with van der Waals surface area (Å²) in [5, 5.41) is 9.69. The summed E-state index contributed by atoms with van der Waals surface area (Å²) in [6, 6.07) is 5.96. The van der Waals surface area contributed by atoms with Gasteiger partial charge in [-0.15, -0.1) is 0 Å². The van der Waals surface area contributed by atoms with Crippen LogP contribution in [0, 0.1) is 17.1 Å². The predicted molar refractivity (Wildman–Crippen MR) is 71.3 cm³/mol. The van der Waals surface area contributed by atoms with Crippen molar-refractivity contribution in [3.63, 3.8) is 0 Å². The average molecular weight is 283 g/mol. The Labute approximate surface area is 117 Å². The fourth-order valence-electron chi connectivity index (χ4n) is 2.53. The summed E-state index contributed by atoms with van der Waals surface area (Å²) >= 11 is 6.05. The van der Waals surface area contributed by atoms with Crippen molar-refractivity contribution in [2.24, 2.45) is 0 Å². The molecule has 102 valence electrons. The lowest BCUT2D eigenvalue weighted by Gasteiger charge is -2.38. The maximum Gasteiger partial charge on any atom is 0.130 e. The van der Waals surface area contributed by atoms with Gasteiger partial charge in [-0.25, -0.2) is 4.39 Å². The molecule has 2 rings (SSSR count). The van der Waals surface area contributed by atoms with Crippen molar-refractivity contribution in [1.29, 1.82) is 5.26 Å². The Bertz CT molecular complexity index is 472. The van der Waals surface area contributed by atoms with Gasteiger partial charge < -0.3 is 4.74 Å². The number of nitriles is 1. The lowest BCUT2D eigenvalue weighted by atomic mass is 10.0. The van der Waals surface area contributed by atoms with E-state index >= 15 is 0 Å². The SMILES string of the molecule is C[C@@H]1CN([C@@H](C#N)c2c(F)cccc2Cl)C[C@H](C)O1. The van der Waals surface area contributed by atoms with Crippen LogP contribution in [0.15, 0.2) is 18.2 Å². The number of hydrogen-bond acceptors (Lipinski definition) is 3. The van der Waals surface area contributed by atoms with Crippen LogP contribution in [-0.2, 0) is 4.74 Å². The first-order valence-electron chi connectivity index (χ1n) is 6.26. The standard InChI is InChI=1S/C14H16ClFN2O/c1-9-7-18(8-10(2)19-9)13(6-17)14-11(15)4-3-5-12(14)16/h3-5,9-10,13H,7-8H2,1-2H3/t9-,10+,13-/m0/s1. The number of morpholine rings is 1. The molecule has 3 nitrogen and oxygen atoms in total. The average Bonchev–Trinajstić information content (AvgIpc) is 2.32. The van der Waals surface area contributed by atoms with E-state index in [-0.39, 0.29) is 17.8 Å². The summed E-state index contributed by atoms with van der Waals surface area (Å²) in [6.45, 7) is 5.07. The van der Waals surface area contributed by atoms with Crippen molar-refractivity contribution in [2.45, 2.75) is 32.1 Å². The highest BCUT2D eigenvalue weighted by Crippen LogP contribution is 2.31. The summed E-state index contributed by atoms with van der Waals surface area (Å²) in [6.07, 6.45) is 0.0373. The quantitative estimate of drug-likeness (QED) is 0.836. The third kappa shape index (κ3) is 3.06. The highest BCUT2D eigenvalue weighted by Gasteiger charge is 2.31. The summed E-state index contributed by atoms with van der Waals surface area (Å²) in [5.74, 6) is -0.439. The van der Waals surface area contributed by atoms with E-state index in [9.17, 15) is 9.65 Å². The van der Waals surface area contributed by atoms with Crippen LogP contribution in [0.4, 0.5) is 4.39 Å². The highest BCUT2D eigenvalue weighted by atomic mass is 35.5. The molecule has 0 amide bonds. The van der Waals surface area contributed by atoms with Crippen molar-refractivity contribution < 1.29 is 9.13 Å². The second-order valence-corrected chi connectivity index (χ2v) is 5.29. The summed E-state index contributed by atoms with van der Waals surface area (Å²) in [4.78, 5) is 1.92. The molecule has 3 atom stereocenters. The molecule has 0 aliphatic carbocycles. The zero-order valence-corrected chi connectivity index (χ0v) is 11.7. The maximum atomic E-state index is 13.9. The Hall–Kier alpha value is -1.15. The van der Waals surface area contributed by atoms with E-state index in [1.807, 2.05) is 18.7 Å². The number of nitrogens with zero attached hydrogens (tertiary/aromatic N) is 2. The van der Waals surface area contributed by atoms with Crippen molar-refractivity contribution in [3.05, 3.63) is 34.6 Å². The lowest BCUT2D eigenvalue weighted by Crippen LogP contribution is -2.46. The normalized spacial score (nSPS) is 25.8. The molecule has 0 N–H and O–H groups in total. The number of ether oxygens (including phenoxy) is 1.